The van der Waals surface area contributed by atoms with Crippen molar-refractivity contribution >= 4 is 11.4 Å². The predicted molar refractivity (Wildman–Crippen MR) is 104 cm³/mol. The van der Waals surface area contributed by atoms with E-state index in [-0.39, 0.29) is 6.10 Å². The number of nitrogens with one attached hydrogen (secondary N) is 1. The maximum absolute atomic E-state index is 9.94. The van der Waals surface area contributed by atoms with Crippen LogP contribution in [0.4, 0.5) is 11.4 Å². The highest BCUT2D eigenvalue weighted by Gasteiger charge is 2.03. The van der Waals surface area contributed by atoms with Crippen LogP contribution in [0.25, 0.3) is 0 Å². The van der Waals surface area contributed by atoms with Crippen LogP contribution in [-0.2, 0) is 6.42 Å². The van der Waals surface area contributed by atoms with E-state index in [1.165, 1.54) is 18.4 Å². The highest BCUT2D eigenvalue weighted by atomic mass is 16.3. The lowest BCUT2D eigenvalue weighted by Gasteiger charge is -2.10. The summed E-state index contributed by atoms with van der Waals surface area (Å²) in [6.07, 6.45) is 8.77. The summed E-state index contributed by atoms with van der Waals surface area (Å²) < 4.78 is 0. The number of benzene rings is 2. The number of aliphatic hydroxyl groups is 1. The molecule has 2 N–H and O–H groups in total. The average Bonchev–Trinajstić information content (AvgIpc) is 2.61. The van der Waals surface area contributed by atoms with Crippen molar-refractivity contribution in [2.24, 2.45) is 0 Å². The highest BCUT2D eigenvalue weighted by Crippen LogP contribution is 2.18. The Bertz CT molecular complexity index is 550. The third-order valence-electron chi connectivity index (χ3n) is 4.41. The van der Waals surface area contributed by atoms with Gasteiger partial charge in [-0.05, 0) is 55.5 Å². The summed E-state index contributed by atoms with van der Waals surface area (Å²) in [4.78, 5) is 0. The largest absolute Gasteiger partial charge is 0.393 e. The summed E-state index contributed by atoms with van der Waals surface area (Å²) in [6, 6.07) is 18.9. The maximum Gasteiger partial charge on any atom is 0.0540 e. The lowest BCUT2D eigenvalue weighted by molar-refractivity contribution is 0.147. The predicted octanol–water partition coefficient (Wildman–Crippen LogP) is 6.08. The van der Waals surface area contributed by atoms with Gasteiger partial charge in [0.25, 0.3) is 0 Å². The van der Waals surface area contributed by atoms with Gasteiger partial charge < -0.3 is 10.4 Å². The van der Waals surface area contributed by atoms with Gasteiger partial charge in [-0.2, -0.15) is 0 Å². The number of para-hydroxylation sites is 1. The van der Waals surface area contributed by atoms with Crippen LogP contribution in [0.1, 0.15) is 57.4 Å². The molecule has 2 aromatic carbocycles. The molecule has 0 aliphatic heterocycles. The second-order valence-electron chi connectivity index (χ2n) is 6.58. The number of anilines is 2. The Morgan fingerprint density at radius 3 is 2.08 bits per heavy atom. The molecule has 0 spiro atoms. The molecule has 2 nitrogen and oxygen atoms in total. The quantitative estimate of drug-likeness (QED) is 0.490. The minimum Gasteiger partial charge on any atom is -0.393 e. The van der Waals surface area contributed by atoms with Crippen molar-refractivity contribution in [3.8, 4) is 0 Å². The van der Waals surface area contributed by atoms with Crippen molar-refractivity contribution < 1.29 is 5.11 Å². The van der Waals surface area contributed by atoms with Crippen molar-refractivity contribution in [3.63, 3.8) is 0 Å². The molecule has 2 heteroatoms. The van der Waals surface area contributed by atoms with Crippen molar-refractivity contribution in [1.29, 1.82) is 0 Å². The Morgan fingerprint density at radius 1 is 0.792 bits per heavy atom. The van der Waals surface area contributed by atoms with E-state index in [0.717, 1.165) is 49.9 Å². The van der Waals surface area contributed by atoms with E-state index >= 15 is 0 Å². The van der Waals surface area contributed by atoms with E-state index in [0.29, 0.717) is 0 Å². The van der Waals surface area contributed by atoms with Gasteiger partial charge in [-0.15, -0.1) is 0 Å². The van der Waals surface area contributed by atoms with Gasteiger partial charge in [0, 0.05) is 11.4 Å². The van der Waals surface area contributed by atoms with Crippen LogP contribution < -0.4 is 5.32 Å². The summed E-state index contributed by atoms with van der Waals surface area (Å²) in [6.45, 7) is 2.20. The maximum atomic E-state index is 9.94. The van der Waals surface area contributed by atoms with Gasteiger partial charge in [0.05, 0.1) is 6.10 Å². The van der Waals surface area contributed by atoms with Crippen molar-refractivity contribution in [2.45, 2.75) is 64.4 Å². The Labute approximate surface area is 146 Å². The summed E-state index contributed by atoms with van der Waals surface area (Å²) in [5, 5.41) is 13.3. The number of hydrogen-bond acceptors (Lipinski definition) is 2. The van der Waals surface area contributed by atoms with Gasteiger partial charge in [0.15, 0.2) is 0 Å². The van der Waals surface area contributed by atoms with Crippen LogP contribution in [0.15, 0.2) is 54.6 Å². The van der Waals surface area contributed by atoms with Crippen LogP contribution in [0, 0.1) is 0 Å². The van der Waals surface area contributed by atoms with E-state index in [9.17, 15) is 5.11 Å². The molecule has 2 rings (SSSR count). The minimum atomic E-state index is -0.103. The van der Waals surface area contributed by atoms with Gasteiger partial charge in [-0.25, -0.2) is 0 Å². The summed E-state index contributed by atoms with van der Waals surface area (Å²) >= 11 is 0. The first-order chi connectivity index (χ1) is 11.8. The zero-order valence-electron chi connectivity index (χ0n) is 14.9. The van der Waals surface area contributed by atoms with E-state index in [1.54, 1.807) is 0 Å². The van der Waals surface area contributed by atoms with Crippen LogP contribution >= 0.6 is 0 Å². The lowest BCUT2D eigenvalue weighted by atomic mass is 10.0. The van der Waals surface area contributed by atoms with Crippen molar-refractivity contribution in [2.75, 3.05) is 5.32 Å². The smallest absolute Gasteiger partial charge is 0.0540 e. The average molecular weight is 325 g/mol. The molecule has 130 valence electrons. The summed E-state index contributed by atoms with van der Waals surface area (Å²) in [7, 11) is 0. The van der Waals surface area contributed by atoms with Crippen LogP contribution in [0.5, 0.6) is 0 Å². The molecule has 0 radical (unpaired) electrons. The molecule has 0 aromatic heterocycles. The molecule has 0 fully saturated rings. The number of unbranched alkanes of at least 4 members (excludes halogenated alkanes) is 3. The Hall–Kier alpha value is -1.80. The van der Waals surface area contributed by atoms with E-state index < -0.39 is 0 Å². The third-order valence-corrected chi connectivity index (χ3v) is 4.41. The molecule has 2 aromatic rings. The third kappa shape index (κ3) is 7.18. The fourth-order valence-corrected chi connectivity index (χ4v) is 2.93. The Morgan fingerprint density at radius 2 is 1.42 bits per heavy atom. The first-order valence-electron chi connectivity index (χ1n) is 9.37. The molecule has 24 heavy (non-hydrogen) atoms. The van der Waals surface area contributed by atoms with E-state index in [4.69, 9.17) is 0 Å². The monoisotopic (exact) mass is 325 g/mol. The topological polar surface area (TPSA) is 32.3 Å². The molecule has 1 atom stereocenters. The molecule has 0 amide bonds. The normalized spacial score (nSPS) is 12.1. The molecule has 0 aliphatic rings. The lowest BCUT2D eigenvalue weighted by Crippen LogP contribution is -2.06. The molecule has 0 bridgehead atoms. The second kappa shape index (κ2) is 10.9. The molecule has 0 saturated heterocycles. The molecular formula is C22H31NO. The SMILES string of the molecule is CCCCCC(O)CCCCc1ccc(Nc2ccccc2)cc1. The van der Waals surface area contributed by atoms with E-state index in [2.05, 4.69) is 48.6 Å². The highest BCUT2D eigenvalue weighted by molar-refractivity contribution is 5.59. The van der Waals surface area contributed by atoms with Gasteiger partial charge in [-0.1, -0.05) is 62.9 Å². The number of aliphatic hydroxyl groups excluding tert-OH is 1. The first-order valence-corrected chi connectivity index (χ1v) is 9.37. The van der Waals surface area contributed by atoms with Gasteiger partial charge in [-0.3, -0.25) is 0 Å². The minimum absolute atomic E-state index is 0.103. The molecule has 1 unspecified atom stereocenters. The number of aryl methyl sites for hydroxylation is 1. The van der Waals surface area contributed by atoms with E-state index in [1.807, 2.05) is 18.2 Å². The number of rotatable bonds is 11. The zero-order chi connectivity index (χ0) is 17.0. The molecule has 0 aliphatic carbocycles. The van der Waals surface area contributed by atoms with Gasteiger partial charge >= 0.3 is 0 Å². The fraction of sp³-hybridized carbons (Fsp3) is 0.455. The fourth-order valence-electron chi connectivity index (χ4n) is 2.93. The standard InChI is InChI=1S/C22H31NO/c1-2-3-5-13-22(24)14-9-8-10-19-15-17-21(18-16-19)23-20-11-6-4-7-12-20/h4,6-7,11-12,15-18,22-24H,2-3,5,8-10,13-14H2,1H3. The van der Waals surface area contributed by atoms with Crippen LogP contribution in [0.2, 0.25) is 0 Å². The van der Waals surface area contributed by atoms with Crippen molar-refractivity contribution in [3.05, 3.63) is 60.2 Å². The van der Waals surface area contributed by atoms with Crippen molar-refractivity contribution in [1.82, 2.24) is 0 Å². The zero-order valence-corrected chi connectivity index (χ0v) is 14.9. The molecule has 0 heterocycles. The molecular weight excluding hydrogens is 294 g/mol. The molecule has 0 saturated carbocycles. The Balaban J connectivity index is 1.65. The second-order valence-corrected chi connectivity index (χ2v) is 6.58. The van der Waals surface area contributed by atoms with Gasteiger partial charge in [0.2, 0.25) is 0 Å². The summed E-state index contributed by atoms with van der Waals surface area (Å²) in [5.74, 6) is 0. The van der Waals surface area contributed by atoms with Gasteiger partial charge in [0.1, 0.15) is 0 Å². The van der Waals surface area contributed by atoms with Crippen LogP contribution in [0.3, 0.4) is 0 Å². The summed E-state index contributed by atoms with van der Waals surface area (Å²) in [5.41, 5.74) is 3.60. The number of hydrogen-bond donors (Lipinski definition) is 2. The Kier molecular flexibility index (Phi) is 8.40. The van der Waals surface area contributed by atoms with Crippen LogP contribution in [-0.4, -0.2) is 11.2 Å². The first kappa shape index (κ1) is 18.5.